The van der Waals surface area contributed by atoms with E-state index in [2.05, 4.69) is 9.97 Å². The van der Waals surface area contributed by atoms with Gasteiger partial charge in [-0.1, -0.05) is 6.07 Å². The number of hydrogen-bond donors (Lipinski definition) is 1. The normalized spacial score (nSPS) is 10.8. The highest BCUT2D eigenvalue weighted by molar-refractivity contribution is 6.07. The van der Waals surface area contributed by atoms with E-state index in [1.54, 1.807) is 30.7 Å². The number of nitrogens with zero attached hydrogens (tertiary/aromatic N) is 2. The van der Waals surface area contributed by atoms with Gasteiger partial charge in [0, 0.05) is 40.3 Å². The average molecular weight is 223 g/mol. The maximum Gasteiger partial charge on any atom is 0.248 e. The predicted molar refractivity (Wildman–Crippen MR) is 65.6 cm³/mol. The van der Waals surface area contributed by atoms with Crippen LogP contribution in [0.15, 0.2) is 42.9 Å². The summed E-state index contributed by atoms with van der Waals surface area (Å²) in [5, 5.41) is 3.02. The third-order valence-electron chi connectivity index (χ3n) is 2.77. The molecule has 1 amide bonds. The molecular weight excluding hydrogens is 214 g/mol. The van der Waals surface area contributed by atoms with E-state index in [9.17, 15) is 4.79 Å². The summed E-state index contributed by atoms with van der Waals surface area (Å²) in [4.78, 5) is 19.5. The number of aromatic nitrogens is 2. The van der Waals surface area contributed by atoms with Crippen molar-refractivity contribution in [3.63, 3.8) is 0 Å². The van der Waals surface area contributed by atoms with Crippen molar-refractivity contribution in [2.75, 3.05) is 0 Å². The van der Waals surface area contributed by atoms with Crippen molar-refractivity contribution in [1.29, 1.82) is 0 Å². The Morgan fingerprint density at radius 2 is 2.00 bits per heavy atom. The fraction of sp³-hybridized carbons (Fsp3) is 0. The van der Waals surface area contributed by atoms with Crippen LogP contribution < -0.4 is 5.73 Å². The number of fused-ring (bicyclic) bond motifs is 3. The quantitative estimate of drug-likeness (QED) is 0.640. The summed E-state index contributed by atoms with van der Waals surface area (Å²) in [6.07, 6.45) is 5.29. The minimum absolute atomic E-state index is 0.444. The molecule has 1 aromatic carbocycles. The highest BCUT2D eigenvalue weighted by atomic mass is 16.1. The Morgan fingerprint density at radius 3 is 2.82 bits per heavy atom. The van der Waals surface area contributed by atoms with Crippen molar-refractivity contribution < 1.29 is 4.79 Å². The number of amides is 1. The summed E-state index contributed by atoms with van der Waals surface area (Å²) in [7, 11) is 0. The first-order valence-electron chi connectivity index (χ1n) is 5.18. The van der Waals surface area contributed by atoms with Gasteiger partial charge < -0.3 is 5.73 Å². The second kappa shape index (κ2) is 3.52. The van der Waals surface area contributed by atoms with Gasteiger partial charge in [0.2, 0.25) is 5.91 Å². The summed E-state index contributed by atoms with van der Waals surface area (Å²) in [5.41, 5.74) is 6.46. The van der Waals surface area contributed by atoms with Crippen molar-refractivity contribution in [3.05, 3.63) is 48.4 Å². The van der Waals surface area contributed by atoms with E-state index >= 15 is 0 Å². The Kier molecular flexibility index (Phi) is 2.01. The van der Waals surface area contributed by atoms with E-state index in [0.29, 0.717) is 5.56 Å². The maximum absolute atomic E-state index is 11.1. The van der Waals surface area contributed by atoms with Crippen LogP contribution in [0, 0.1) is 0 Å². The summed E-state index contributed by atoms with van der Waals surface area (Å²) >= 11 is 0. The number of pyridine rings is 2. The number of primary amides is 1. The van der Waals surface area contributed by atoms with Crippen molar-refractivity contribution in [3.8, 4) is 0 Å². The summed E-state index contributed by atoms with van der Waals surface area (Å²) in [6.45, 7) is 0. The summed E-state index contributed by atoms with van der Waals surface area (Å²) < 4.78 is 0. The molecule has 0 fully saturated rings. The molecular formula is C13H9N3O. The molecule has 4 heteroatoms. The molecule has 82 valence electrons. The molecule has 3 aromatic rings. The molecule has 0 unspecified atom stereocenters. The van der Waals surface area contributed by atoms with Crippen LogP contribution in [0.3, 0.4) is 0 Å². The van der Waals surface area contributed by atoms with E-state index in [0.717, 1.165) is 21.7 Å². The topological polar surface area (TPSA) is 68.9 Å². The second-order valence-corrected chi connectivity index (χ2v) is 3.82. The summed E-state index contributed by atoms with van der Waals surface area (Å²) in [6, 6.07) is 7.17. The molecule has 2 heterocycles. The number of hydrogen-bond acceptors (Lipinski definition) is 3. The van der Waals surface area contributed by atoms with Gasteiger partial charge >= 0.3 is 0 Å². The third-order valence-corrected chi connectivity index (χ3v) is 2.77. The number of benzene rings is 1. The molecule has 2 N–H and O–H groups in total. The van der Waals surface area contributed by atoms with Gasteiger partial charge in [-0.15, -0.1) is 0 Å². The van der Waals surface area contributed by atoms with Crippen LogP contribution in [0.1, 0.15) is 10.4 Å². The smallest absolute Gasteiger partial charge is 0.248 e. The van der Waals surface area contributed by atoms with Gasteiger partial charge in [0.25, 0.3) is 0 Å². The molecule has 0 bridgehead atoms. The molecule has 0 atom stereocenters. The number of rotatable bonds is 1. The van der Waals surface area contributed by atoms with E-state index in [-0.39, 0.29) is 0 Å². The van der Waals surface area contributed by atoms with Gasteiger partial charge in [-0.05, 0) is 18.2 Å². The standard InChI is InChI=1S/C13H9N3O/c14-13(17)8-1-2-10-11-7-15-4-3-9(11)6-16-12(10)5-8/h1-7H,(H2,14,17). The minimum Gasteiger partial charge on any atom is -0.366 e. The van der Waals surface area contributed by atoms with Crippen LogP contribution in [0.4, 0.5) is 0 Å². The molecule has 0 aliphatic rings. The van der Waals surface area contributed by atoms with Crippen LogP contribution in [-0.2, 0) is 0 Å². The van der Waals surface area contributed by atoms with E-state index in [1.165, 1.54) is 0 Å². The van der Waals surface area contributed by atoms with Gasteiger partial charge in [0.15, 0.2) is 0 Å². The lowest BCUT2D eigenvalue weighted by molar-refractivity contribution is 0.100. The van der Waals surface area contributed by atoms with Crippen molar-refractivity contribution in [2.45, 2.75) is 0 Å². The van der Waals surface area contributed by atoms with E-state index in [4.69, 9.17) is 5.73 Å². The lowest BCUT2D eigenvalue weighted by Crippen LogP contribution is -2.10. The molecule has 0 saturated carbocycles. The summed E-state index contributed by atoms with van der Waals surface area (Å²) in [5.74, 6) is -0.444. The maximum atomic E-state index is 11.1. The Labute approximate surface area is 97.1 Å². The monoisotopic (exact) mass is 223 g/mol. The fourth-order valence-electron chi connectivity index (χ4n) is 1.90. The first-order chi connectivity index (χ1) is 8.25. The van der Waals surface area contributed by atoms with Gasteiger partial charge in [-0.25, -0.2) is 0 Å². The lowest BCUT2D eigenvalue weighted by Gasteiger charge is -2.03. The highest BCUT2D eigenvalue weighted by Crippen LogP contribution is 2.23. The minimum atomic E-state index is -0.444. The zero-order valence-electron chi connectivity index (χ0n) is 8.92. The molecule has 0 aliphatic carbocycles. The molecule has 3 rings (SSSR count). The molecule has 0 radical (unpaired) electrons. The molecule has 0 saturated heterocycles. The highest BCUT2D eigenvalue weighted by Gasteiger charge is 2.05. The largest absolute Gasteiger partial charge is 0.366 e. The van der Waals surface area contributed by atoms with Crippen LogP contribution in [-0.4, -0.2) is 15.9 Å². The van der Waals surface area contributed by atoms with Crippen molar-refractivity contribution in [1.82, 2.24) is 9.97 Å². The van der Waals surface area contributed by atoms with Crippen LogP contribution in [0.25, 0.3) is 21.7 Å². The molecule has 4 nitrogen and oxygen atoms in total. The number of carbonyl (C=O) groups is 1. The molecule has 0 aliphatic heterocycles. The zero-order valence-corrected chi connectivity index (χ0v) is 8.92. The average Bonchev–Trinajstić information content (AvgIpc) is 2.38. The molecule has 17 heavy (non-hydrogen) atoms. The van der Waals surface area contributed by atoms with E-state index in [1.807, 2.05) is 12.1 Å². The fourth-order valence-corrected chi connectivity index (χ4v) is 1.90. The number of carbonyl (C=O) groups excluding carboxylic acids is 1. The van der Waals surface area contributed by atoms with Crippen LogP contribution >= 0.6 is 0 Å². The lowest BCUT2D eigenvalue weighted by atomic mass is 10.1. The molecule has 2 aromatic heterocycles. The third kappa shape index (κ3) is 1.50. The van der Waals surface area contributed by atoms with Gasteiger partial charge in [0.05, 0.1) is 5.52 Å². The Bertz CT molecular complexity index is 737. The first-order valence-corrected chi connectivity index (χ1v) is 5.18. The van der Waals surface area contributed by atoms with Crippen molar-refractivity contribution in [2.24, 2.45) is 5.73 Å². The van der Waals surface area contributed by atoms with E-state index < -0.39 is 5.91 Å². The Hall–Kier alpha value is -2.49. The van der Waals surface area contributed by atoms with Crippen molar-refractivity contribution >= 4 is 27.6 Å². The Morgan fingerprint density at radius 1 is 1.12 bits per heavy atom. The molecule has 0 spiro atoms. The van der Waals surface area contributed by atoms with Crippen LogP contribution in [0.2, 0.25) is 0 Å². The van der Waals surface area contributed by atoms with Gasteiger partial charge in [-0.3, -0.25) is 14.8 Å². The predicted octanol–water partition coefficient (Wildman–Crippen LogP) is 1.88. The second-order valence-electron chi connectivity index (χ2n) is 3.82. The first kappa shape index (κ1) is 9.72. The van der Waals surface area contributed by atoms with Crippen LogP contribution in [0.5, 0.6) is 0 Å². The SMILES string of the molecule is NC(=O)c1ccc2c(c1)ncc1ccncc12. The Balaban J connectivity index is 2.41. The number of nitrogens with two attached hydrogens (primary N) is 1. The van der Waals surface area contributed by atoms with Gasteiger partial charge in [0.1, 0.15) is 0 Å². The van der Waals surface area contributed by atoms with Gasteiger partial charge in [-0.2, -0.15) is 0 Å². The zero-order chi connectivity index (χ0) is 11.8.